The minimum Gasteiger partial charge on any atom is -0.495 e. The number of ether oxygens (including phenoxy) is 1. The fourth-order valence-electron chi connectivity index (χ4n) is 0.885. The van der Waals surface area contributed by atoms with Crippen LogP contribution in [0, 0.1) is 0 Å². The molecule has 0 unspecified atom stereocenters. The minimum absolute atomic E-state index is 0. The van der Waals surface area contributed by atoms with Crippen molar-refractivity contribution in [3.05, 3.63) is 24.0 Å². The molecule has 0 amide bonds. The molecule has 12 heavy (non-hydrogen) atoms. The highest BCUT2D eigenvalue weighted by molar-refractivity contribution is 14.0. The van der Waals surface area contributed by atoms with Crippen molar-refractivity contribution in [1.29, 1.82) is 0 Å². The Bertz CT molecular complexity index is 195. The van der Waals surface area contributed by atoms with Crippen LogP contribution in [0.4, 0.5) is 0 Å². The first-order valence-electron chi connectivity index (χ1n) is 3.35. The van der Waals surface area contributed by atoms with Crippen molar-refractivity contribution in [2.24, 2.45) is 0 Å². The lowest BCUT2D eigenvalue weighted by molar-refractivity contribution is 0.408. The highest BCUT2D eigenvalue weighted by Crippen LogP contribution is 2.15. The van der Waals surface area contributed by atoms with Gasteiger partial charge >= 0.3 is 0 Å². The predicted molar refractivity (Wildman–Crippen MR) is 71.0 cm³/mol. The van der Waals surface area contributed by atoms with Crippen molar-refractivity contribution in [1.82, 2.24) is 4.98 Å². The normalized spacial score (nSPS) is 7.83. The molecular formula is C8H13I2NO. The Labute approximate surface area is 107 Å². The van der Waals surface area contributed by atoms with E-state index in [0.717, 1.165) is 12.2 Å². The van der Waals surface area contributed by atoms with Gasteiger partial charge in [-0.05, 0) is 18.1 Å². The average molecular weight is 393 g/mol. The number of aromatic nitrogens is 1. The van der Waals surface area contributed by atoms with E-state index in [2.05, 4.69) is 11.9 Å². The molecule has 0 fully saturated rings. The van der Waals surface area contributed by atoms with E-state index < -0.39 is 0 Å². The number of aryl methyl sites for hydroxylation is 1. The molecular weight excluding hydrogens is 380 g/mol. The maximum Gasteiger partial charge on any atom is 0.140 e. The molecule has 0 spiro atoms. The first kappa shape index (κ1) is 14.9. The average Bonchev–Trinajstić information content (AvgIpc) is 2.04. The molecule has 0 saturated heterocycles. The Kier molecular flexibility index (Phi) is 9.97. The van der Waals surface area contributed by atoms with Gasteiger partial charge in [-0.15, -0.1) is 48.0 Å². The zero-order valence-electron chi connectivity index (χ0n) is 7.11. The van der Waals surface area contributed by atoms with E-state index in [-0.39, 0.29) is 48.0 Å². The van der Waals surface area contributed by atoms with Gasteiger partial charge in [-0.3, -0.25) is 4.98 Å². The minimum atomic E-state index is 0. The summed E-state index contributed by atoms with van der Waals surface area (Å²) >= 11 is 0. The van der Waals surface area contributed by atoms with Crippen molar-refractivity contribution in [2.45, 2.75) is 13.3 Å². The van der Waals surface area contributed by atoms with E-state index in [9.17, 15) is 0 Å². The Balaban J connectivity index is 0. The van der Waals surface area contributed by atoms with Crippen molar-refractivity contribution in [3.8, 4) is 5.75 Å². The van der Waals surface area contributed by atoms with E-state index in [0.29, 0.717) is 0 Å². The molecule has 0 aliphatic rings. The second kappa shape index (κ2) is 8.03. The molecule has 4 heteroatoms. The van der Waals surface area contributed by atoms with Gasteiger partial charge in [0.25, 0.3) is 0 Å². The smallest absolute Gasteiger partial charge is 0.140 e. The molecule has 0 radical (unpaired) electrons. The lowest BCUT2D eigenvalue weighted by Gasteiger charge is -2.03. The van der Waals surface area contributed by atoms with Crippen LogP contribution in [0.25, 0.3) is 0 Å². The Morgan fingerprint density at radius 1 is 1.42 bits per heavy atom. The van der Waals surface area contributed by atoms with Gasteiger partial charge in [0, 0.05) is 6.20 Å². The summed E-state index contributed by atoms with van der Waals surface area (Å²) in [4.78, 5) is 3.94. The van der Waals surface area contributed by atoms with Crippen molar-refractivity contribution < 1.29 is 4.74 Å². The van der Waals surface area contributed by atoms with Gasteiger partial charge < -0.3 is 4.74 Å². The monoisotopic (exact) mass is 393 g/mol. The third-order valence-electron chi connectivity index (χ3n) is 1.47. The van der Waals surface area contributed by atoms with Crippen LogP contribution < -0.4 is 4.74 Å². The van der Waals surface area contributed by atoms with Crippen LogP contribution in [0.15, 0.2) is 18.5 Å². The second-order valence-electron chi connectivity index (χ2n) is 2.04. The number of pyridine rings is 1. The molecule has 0 aliphatic carbocycles. The molecule has 1 aromatic heterocycles. The molecule has 0 atom stereocenters. The summed E-state index contributed by atoms with van der Waals surface area (Å²) in [6.07, 6.45) is 4.51. The van der Waals surface area contributed by atoms with Gasteiger partial charge in [-0.2, -0.15) is 0 Å². The summed E-state index contributed by atoms with van der Waals surface area (Å²) in [5, 5.41) is 0. The number of hydrogen-bond acceptors (Lipinski definition) is 2. The highest BCUT2D eigenvalue weighted by Gasteiger charge is 1.96. The quantitative estimate of drug-likeness (QED) is 0.722. The van der Waals surface area contributed by atoms with Crippen LogP contribution in [0.2, 0.25) is 0 Å². The van der Waals surface area contributed by atoms with Crippen molar-refractivity contribution >= 4 is 48.0 Å². The van der Waals surface area contributed by atoms with Crippen LogP contribution in [0.3, 0.4) is 0 Å². The van der Waals surface area contributed by atoms with Gasteiger partial charge in [0.1, 0.15) is 5.75 Å². The summed E-state index contributed by atoms with van der Waals surface area (Å²) in [6, 6.07) is 1.97. The maximum absolute atomic E-state index is 5.07. The fourth-order valence-corrected chi connectivity index (χ4v) is 0.885. The number of halogens is 2. The summed E-state index contributed by atoms with van der Waals surface area (Å²) < 4.78 is 5.07. The number of rotatable bonds is 2. The third kappa shape index (κ3) is 3.88. The van der Waals surface area contributed by atoms with Crippen LogP contribution in [-0.2, 0) is 6.42 Å². The van der Waals surface area contributed by atoms with Gasteiger partial charge in [0.05, 0.1) is 13.3 Å². The van der Waals surface area contributed by atoms with E-state index in [1.807, 2.05) is 6.07 Å². The van der Waals surface area contributed by atoms with E-state index in [1.165, 1.54) is 5.56 Å². The Morgan fingerprint density at radius 2 is 2.08 bits per heavy atom. The molecule has 1 rings (SSSR count). The first-order valence-corrected chi connectivity index (χ1v) is 3.35. The summed E-state index contributed by atoms with van der Waals surface area (Å²) in [6.45, 7) is 2.10. The molecule has 0 aliphatic heterocycles. The Morgan fingerprint density at radius 3 is 2.50 bits per heavy atom. The molecule has 0 bridgehead atoms. The SMILES string of the molecule is CCc1ccncc1OC.I.I. The lowest BCUT2D eigenvalue weighted by Crippen LogP contribution is -1.90. The predicted octanol–water partition coefficient (Wildman–Crippen LogP) is 2.89. The summed E-state index contributed by atoms with van der Waals surface area (Å²) in [7, 11) is 1.66. The van der Waals surface area contributed by atoms with Crippen LogP contribution in [-0.4, -0.2) is 12.1 Å². The van der Waals surface area contributed by atoms with E-state index in [4.69, 9.17) is 4.74 Å². The zero-order valence-corrected chi connectivity index (χ0v) is 11.8. The van der Waals surface area contributed by atoms with Gasteiger partial charge in [-0.25, -0.2) is 0 Å². The molecule has 1 aromatic rings. The summed E-state index contributed by atoms with van der Waals surface area (Å²) in [5.74, 6) is 0.880. The van der Waals surface area contributed by atoms with E-state index >= 15 is 0 Å². The molecule has 2 nitrogen and oxygen atoms in total. The van der Waals surface area contributed by atoms with Gasteiger partial charge in [0.15, 0.2) is 0 Å². The Hall–Kier alpha value is 0.410. The van der Waals surface area contributed by atoms with Crippen LogP contribution in [0.5, 0.6) is 5.75 Å². The maximum atomic E-state index is 5.07. The number of methoxy groups -OCH3 is 1. The molecule has 0 saturated carbocycles. The fraction of sp³-hybridized carbons (Fsp3) is 0.375. The molecule has 70 valence electrons. The molecule has 0 aromatic carbocycles. The third-order valence-corrected chi connectivity index (χ3v) is 1.47. The molecule has 0 N–H and O–H groups in total. The van der Waals surface area contributed by atoms with Crippen LogP contribution in [0.1, 0.15) is 12.5 Å². The number of nitrogens with zero attached hydrogens (tertiary/aromatic N) is 1. The van der Waals surface area contributed by atoms with Gasteiger partial charge in [-0.1, -0.05) is 6.92 Å². The lowest BCUT2D eigenvalue weighted by atomic mass is 10.2. The standard InChI is InChI=1S/C8H11NO.2HI/c1-3-7-4-5-9-6-8(7)10-2;;/h4-6H,3H2,1-2H3;2*1H. The largest absolute Gasteiger partial charge is 0.495 e. The van der Waals surface area contributed by atoms with Gasteiger partial charge in [0.2, 0.25) is 0 Å². The molecule has 1 heterocycles. The topological polar surface area (TPSA) is 22.1 Å². The first-order chi connectivity index (χ1) is 4.88. The summed E-state index contributed by atoms with van der Waals surface area (Å²) in [5.41, 5.74) is 1.21. The van der Waals surface area contributed by atoms with Crippen LogP contribution >= 0.6 is 48.0 Å². The van der Waals surface area contributed by atoms with E-state index in [1.54, 1.807) is 19.5 Å². The zero-order chi connectivity index (χ0) is 7.40. The number of hydrogen-bond donors (Lipinski definition) is 0. The highest BCUT2D eigenvalue weighted by atomic mass is 127. The van der Waals surface area contributed by atoms with Crippen molar-refractivity contribution in [3.63, 3.8) is 0 Å². The second-order valence-corrected chi connectivity index (χ2v) is 2.04. The van der Waals surface area contributed by atoms with Crippen molar-refractivity contribution in [2.75, 3.05) is 7.11 Å².